The molecule has 0 spiro atoms. The number of nitrogens with one attached hydrogen (secondary N) is 1. The zero-order chi connectivity index (χ0) is 17.6. The van der Waals surface area contributed by atoms with Crippen LogP contribution in [0.25, 0.3) is 0 Å². The lowest BCUT2D eigenvalue weighted by molar-refractivity contribution is 0.371. The highest BCUT2D eigenvalue weighted by molar-refractivity contribution is 6.42. The summed E-state index contributed by atoms with van der Waals surface area (Å²) in [6.07, 6.45) is 5.47. The van der Waals surface area contributed by atoms with Crippen LogP contribution >= 0.6 is 23.2 Å². The van der Waals surface area contributed by atoms with Crippen LogP contribution in [0.2, 0.25) is 10.0 Å². The van der Waals surface area contributed by atoms with Gasteiger partial charge in [-0.3, -0.25) is 0 Å². The number of rotatable bonds is 3. The van der Waals surface area contributed by atoms with Gasteiger partial charge in [0, 0.05) is 11.5 Å². The van der Waals surface area contributed by atoms with Crippen LogP contribution in [-0.2, 0) is 0 Å². The van der Waals surface area contributed by atoms with E-state index < -0.39 is 0 Å². The van der Waals surface area contributed by atoms with Gasteiger partial charge in [-0.1, -0.05) is 47.5 Å². The summed E-state index contributed by atoms with van der Waals surface area (Å²) in [6.45, 7) is 0. The van der Waals surface area contributed by atoms with E-state index in [1.54, 1.807) is 14.2 Å². The summed E-state index contributed by atoms with van der Waals surface area (Å²) in [7, 11) is 3.39. The van der Waals surface area contributed by atoms with E-state index in [0.717, 1.165) is 34.7 Å². The Labute approximate surface area is 157 Å². The van der Waals surface area contributed by atoms with Gasteiger partial charge < -0.3 is 14.8 Å². The molecule has 2 aromatic rings. The molecular formula is C20H19Cl2NO2. The third kappa shape index (κ3) is 2.57. The Kier molecular flexibility index (Phi) is 4.30. The van der Waals surface area contributed by atoms with Crippen molar-refractivity contribution in [2.45, 2.75) is 18.4 Å². The van der Waals surface area contributed by atoms with Gasteiger partial charge >= 0.3 is 0 Å². The fraction of sp³-hybridized carbons (Fsp3) is 0.300. The molecule has 130 valence electrons. The first kappa shape index (κ1) is 16.6. The highest BCUT2D eigenvalue weighted by Gasteiger charge is 2.41. The predicted molar refractivity (Wildman–Crippen MR) is 102 cm³/mol. The highest BCUT2D eigenvalue weighted by atomic mass is 35.5. The number of fused-ring (bicyclic) bond motifs is 3. The van der Waals surface area contributed by atoms with Crippen LogP contribution in [0, 0.1) is 5.92 Å². The van der Waals surface area contributed by atoms with Gasteiger partial charge in [-0.25, -0.2) is 0 Å². The minimum Gasteiger partial charge on any atom is -0.496 e. The van der Waals surface area contributed by atoms with Gasteiger partial charge in [0.2, 0.25) is 0 Å². The minimum absolute atomic E-state index is 0.0553. The van der Waals surface area contributed by atoms with Crippen molar-refractivity contribution in [3.63, 3.8) is 0 Å². The molecule has 5 heteroatoms. The third-order valence-corrected chi connectivity index (χ3v) is 6.03. The standard InChI is InChI=1S/C20H19Cl2NO2/c1-24-15-9-10-16(25-2)20-17(15)11-5-3-6-12(11)19(23-20)13-7-4-8-14(21)18(13)22/h3-5,7-12,19,23H,6H2,1-2H3. The van der Waals surface area contributed by atoms with Gasteiger partial charge in [0.1, 0.15) is 11.5 Å². The van der Waals surface area contributed by atoms with Gasteiger partial charge in [-0.2, -0.15) is 0 Å². The maximum atomic E-state index is 6.53. The second-order valence-electron chi connectivity index (χ2n) is 6.38. The lowest BCUT2D eigenvalue weighted by atomic mass is 9.76. The second kappa shape index (κ2) is 6.47. The SMILES string of the molecule is COc1ccc(OC)c2c1NC(c1cccc(Cl)c1Cl)C1CC=CC21. The molecule has 0 saturated heterocycles. The maximum Gasteiger partial charge on any atom is 0.142 e. The normalized spacial score (nSPS) is 23.6. The quantitative estimate of drug-likeness (QED) is 0.683. The first-order chi connectivity index (χ1) is 12.2. The smallest absolute Gasteiger partial charge is 0.142 e. The number of ether oxygens (including phenoxy) is 2. The molecule has 25 heavy (non-hydrogen) atoms. The van der Waals surface area contributed by atoms with Gasteiger partial charge in [0.05, 0.1) is 36.0 Å². The molecule has 0 aromatic heterocycles. The number of benzene rings is 2. The number of halogens is 2. The molecule has 0 fully saturated rings. The van der Waals surface area contributed by atoms with E-state index in [0.29, 0.717) is 16.0 Å². The van der Waals surface area contributed by atoms with Crippen molar-refractivity contribution in [1.29, 1.82) is 0 Å². The predicted octanol–water partition coefficient (Wildman–Crippen LogP) is 5.84. The Morgan fingerprint density at radius 3 is 2.56 bits per heavy atom. The van der Waals surface area contributed by atoms with E-state index in [1.165, 1.54) is 0 Å². The van der Waals surface area contributed by atoms with Crippen molar-refractivity contribution in [2.75, 3.05) is 19.5 Å². The largest absolute Gasteiger partial charge is 0.496 e. The van der Waals surface area contributed by atoms with Crippen LogP contribution in [0.4, 0.5) is 5.69 Å². The maximum absolute atomic E-state index is 6.53. The Hall–Kier alpha value is -1.84. The molecule has 1 aliphatic carbocycles. The van der Waals surface area contributed by atoms with E-state index in [2.05, 4.69) is 17.5 Å². The fourth-order valence-electron chi connectivity index (χ4n) is 4.07. The molecule has 0 radical (unpaired) electrons. The van der Waals surface area contributed by atoms with Crippen LogP contribution in [0.15, 0.2) is 42.5 Å². The van der Waals surface area contributed by atoms with Gasteiger partial charge in [0.25, 0.3) is 0 Å². The van der Waals surface area contributed by atoms with Crippen LogP contribution in [0.5, 0.6) is 11.5 Å². The summed E-state index contributed by atoms with van der Waals surface area (Å²) >= 11 is 12.8. The summed E-state index contributed by atoms with van der Waals surface area (Å²) in [6, 6.07) is 9.76. The first-order valence-corrected chi connectivity index (χ1v) is 9.03. The third-order valence-electron chi connectivity index (χ3n) is 5.20. The van der Waals surface area contributed by atoms with E-state index in [1.807, 2.05) is 30.3 Å². The average molecular weight is 376 g/mol. The Balaban J connectivity index is 1.89. The van der Waals surface area contributed by atoms with Crippen LogP contribution in [0.1, 0.15) is 29.5 Å². The molecule has 3 nitrogen and oxygen atoms in total. The van der Waals surface area contributed by atoms with Crippen LogP contribution in [-0.4, -0.2) is 14.2 Å². The molecule has 1 heterocycles. The van der Waals surface area contributed by atoms with E-state index in [4.69, 9.17) is 32.7 Å². The molecular weight excluding hydrogens is 357 g/mol. The molecule has 3 unspecified atom stereocenters. The fourth-order valence-corrected chi connectivity index (χ4v) is 4.49. The van der Waals surface area contributed by atoms with Crippen molar-refractivity contribution in [3.8, 4) is 11.5 Å². The van der Waals surface area contributed by atoms with Crippen LogP contribution < -0.4 is 14.8 Å². The van der Waals surface area contributed by atoms with E-state index >= 15 is 0 Å². The Morgan fingerprint density at radius 2 is 1.80 bits per heavy atom. The van der Waals surface area contributed by atoms with Crippen molar-refractivity contribution in [2.24, 2.45) is 5.92 Å². The summed E-state index contributed by atoms with van der Waals surface area (Å²) in [5.41, 5.74) is 3.13. The molecule has 2 aliphatic rings. The lowest BCUT2D eigenvalue weighted by Gasteiger charge is -2.39. The molecule has 2 aromatic carbocycles. The van der Waals surface area contributed by atoms with Crippen molar-refractivity contribution in [3.05, 3.63) is 63.7 Å². The Morgan fingerprint density at radius 1 is 1.04 bits per heavy atom. The summed E-state index contributed by atoms with van der Waals surface area (Å²) in [4.78, 5) is 0. The molecule has 0 saturated carbocycles. The van der Waals surface area contributed by atoms with Crippen LogP contribution in [0.3, 0.4) is 0 Å². The molecule has 3 atom stereocenters. The Bertz CT molecular complexity index is 850. The summed E-state index contributed by atoms with van der Waals surface area (Å²) < 4.78 is 11.2. The average Bonchev–Trinajstić information content (AvgIpc) is 3.12. The first-order valence-electron chi connectivity index (χ1n) is 8.27. The second-order valence-corrected chi connectivity index (χ2v) is 7.16. The highest BCUT2D eigenvalue weighted by Crippen LogP contribution is 2.55. The molecule has 4 rings (SSSR count). The van der Waals surface area contributed by atoms with Crippen molar-refractivity contribution < 1.29 is 9.47 Å². The summed E-state index contributed by atoms with van der Waals surface area (Å²) in [5.74, 6) is 2.28. The lowest BCUT2D eigenvalue weighted by Crippen LogP contribution is -2.30. The van der Waals surface area contributed by atoms with Gasteiger partial charge in [-0.05, 0) is 36.1 Å². The number of anilines is 1. The zero-order valence-electron chi connectivity index (χ0n) is 14.1. The molecule has 0 amide bonds. The van der Waals surface area contributed by atoms with Gasteiger partial charge in [-0.15, -0.1) is 0 Å². The van der Waals surface area contributed by atoms with Gasteiger partial charge in [0.15, 0.2) is 0 Å². The number of hydrogen-bond donors (Lipinski definition) is 1. The molecule has 1 N–H and O–H groups in total. The monoisotopic (exact) mass is 375 g/mol. The number of methoxy groups -OCH3 is 2. The van der Waals surface area contributed by atoms with Crippen molar-refractivity contribution in [1.82, 2.24) is 0 Å². The van der Waals surface area contributed by atoms with Crippen molar-refractivity contribution >= 4 is 28.9 Å². The number of allylic oxidation sites excluding steroid dienone is 2. The molecule has 0 bridgehead atoms. The summed E-state index contributed by atoms with van der Waals surface area (Å²) in [5, 5.41) is 4.84. The molecule has 1 aliphatic heterocycles. The topological polar surface area (TPSA) is 30.5 Å². The minimum atomic E-state index is 0.0553. The zero-order valence-corrected chi connectivity index (χ0v) is 15.6. The van der Waals surface area contributed by atoms with E-state index in [9.17, 15) is 0 Å². The van der Waals surface area contributed by atoms with E-state index in [-0.39, 0.29) is 12.0 Å². The number of hydrogen-bond acceptors (Lipinski definition) is 3.